The number of rotatable bonds is 9. The topological polar surface area (TPSA) is 54.9 Å². The minimum Gasteiger partial charge on any atom is -0.381 e. The molecule has 1 rings (SSSR count). The average molecular weight is 399 g/mol. The minimum atomic E-state index is -0.189. The van der Waals surface area contributed by atoms with Gasteiger partial charge in [0.1, 0.15) is 0 Å². The molecule has 0 radical (unpaired) electrons. The number of hydrogen-bond acceptors (Lipinski definition) is 3. The highest BCUT2D eigenvalue weighted by Crippen LogP contribution is 2.28. The Hall–Kier alpha value is -0.0800. The molecule has 1 aliphatic carbocycles. The fourth-order valence-corrected chi connectivity index (χ4v) is 1.50. The highest BCUT2D eigenvalue weighted by atomic mass is 127. The Morgan fingerprint density at radius 2 is 2.00 bits per heavy atom. The monoisotopic (exact) mass is 399 g/mol. The first kappa shape index (κ1) is 19.9. The molecule has 120 valence electrons. The zero-order valence-corrected chi connectivity index (χ0v) is 15.5. The van der Waals surface area contributed by atoms with E-state index in [0.717, 1.165) is 44.6 Å². The SMILES string of the molecule is CN=C(NCCCOCC1CC1)NCC(C)(C)OC.I. The van der Waals surface area contributed by atoms with E-state index >= 15 is 0 Å². The Kier molecular flexibility index (Phi) is 10.6. The number of nitrogens with one attached hydrogen (secondary N) is 2. The van der Waals surface area contributed by atoms with E-state index in [2.05, 4.69) is 15.6 Å². The zero-order chi connectivity index (χ0) is 14.1. The highest BCUT2D eigenvalue weighted by Gasteiger charge is 2.20. The van der Waals surface area contributed by atoms with Crippen LogP contribution in [-0.4, -0.2) is 52.0 Å². The molecule has 1 saturated carbocycles. The maximum absolute atomic E-state index is 5.58. The van der Waals surface area contributed by atoms with Crippen molar-refractivity contribution >= 4 is 29.9 Å². The van der Waals surface area contributed by atoms with Crippen molar-refractivity contribution in [3.05, 3.63) is 0 Å². The van der Waals surface area contributed by atoms with E-state index in [1.807, 2.05) is 13.8 Å². The molecule has 0 bridgehead atoms. The molecule has 0 saturated heterocycles. The maximum Gasteiger partial charge on any atom is 0.191 e. The van der Waals surface area contributed by atoms with Crippen LogP contribution in [0.25, 0.3) is 0 Å². The molecule has 0 aromatic carbocycles. The predicted molar refractivity (Wildman–Crippen MR) is 94.0 cm³/mol. The van der Waals surface area contributed by atoms with Crippen molar-refractivity contribution in [1.82, 2.24) is 10.6 Å². The van der Waals surface area contributed by atoms with Gasteiger partial charge in [-0.2, -0.15) is 0 Å². The molecule has 1 fully saturated rings. The maximum atomic E-state index is 5.58. The highest BCUT2D eigenvalue weighted by molar-refractivity contribution is 14.0. The first-order valence-electron chi connectivity index (χ1n) is 7.15. The summed E-state index contributed by atoms with van der Waals surface area (Å²) in [5, 5.41) is 6.53. The van der Waals surface area contributed by atoms with Crippen molar-refractivity contribution < 1.29 is 9.47 Å². The first-order chi connectivity index (χ1) is 9.07. The molecule has 0 unspecified atom stereocenters. The van der Waals surface area contributed by atoms with Crippen molar-refractivity contribution in [1.29, 1.82) is 0 Å². The fourth-order valence-electron chi connectivity index (χ4n) is 1.50. The van der Waals surface area contributed by atoms with Crippen LogP contribution in [-0.2, 0) is 9.47 Å². The van der Waals surface area contributed by atoms with Crippen LogP contribution in [0.5, 0.6) is 0 Å². The summed E-state index contributed by atoms with van der Waals surface area (Å²) in [6.07, 6.45) is 3.70. The Morgan fingerprint density at radius 1 is 1.30 bits per heavy atom. The average Bonchev–Trinajstić information content (AvgIpc) is 3.21. The van der Waals surface area contributed by atoms with Gasteiger partial charge < -0.3 is 20.1 Å². The summed E-state index contributed by atoms with van der Waals surface area (Å²) in [5.41, 5.74) is -0.189. The van der Waals surface area contributed by atoms with Gasteiger partial charge in [0.25, 0.3) is 0 Å². The van der Waals surface area contributed by atoms with Crippen molar-refractivity contribution in [2.24, 2.45) is 10.9 Å². The quantitative estimate of drug-likeness (QED) is 0.270. The molecular formula is C14H30IN3O2. The first-order valence-corrected chi connectivity index (χ1v) is 7.15. The molecule has 0 spiro atoms. The second-order valence-corrected chi connectivity index (χ2v) is 5.69. The van der Waals surface area contributed by atoms with Crippen LogP contribution < -0.4 is 10.6 Å². The summed E-state index contributed by atoms with van der Waals surface area (Å²) in [7, 11) is 3.49. The summed E-state index contributed by atoms with van der Waals surface area (Å²) >= 11 is 0. The van der Waals surface area contributed by atoms with Gasteiger partial charge in [-0.1, -0.05) is 0 Å². The molecule has 0 aromatic rings. The van der Waals surface area contributed by atoms with Gasteiger partial charge >= 0.3 is 0 Å². The third kappa shape index (κ3) is 9.77. The van der Waals surface area contributed by atoms with Gasteiger partial charge in [-0.3, -0.25) is 4.99 Å². The van der Waals surface area contributed by atoms with Gasteiger partial charge in [0.15, 0.2) is 5.96 Å². The molecule has 0 atom stereocenters. The summed E-state index contributed by atoms with van der Waals surface area (Å²) in [5.74, 6) is 1.66. The van der Waals surface area contributed by atoms with Crippen LogP contribution in [0, 0.1) is 5.92 Å². The second-order valence-electron chi connectivity index (χ2n) is 5.69. The Labute approximate surface area is 140 Å². The lowest BCUT2D eigenvalue weighted by molar-refractivity contribution is 0.0268. The van der Waals surface area contributed by atoms with Gasteiger partial charge in [0.2, 0.25) is 0 Å². The number of hydrogen-bond donors (Lipinski definition) is 2. The Balaban J connectivity index is 0.00000361. The third-order valence-electron chi connectivity index (χ3n) is 3.27. The van der Waals surface area contributed by atoms with E-state index in [0.29, 0.717) is 0 Å². The predicted octanol–water partition coefficient (Wildman–Crippen LogP) is 2.01. The minimum absolute atomic E-state index is 0. The normalized spacial score (nSPS) is 15.7. The lowest BCUT2D eigenvalue weighted by atomic mass is 10.1. The summed E-state index contributed by atoms with van der Waals surface area (Å²) in [6.45, 7) is 7.44. The van der Waals surface area contributed by atoms with Crippen LogP contribution in [0.15, 0.2) is 4.99 Å². The number of ether oxygens (including phenoxy) is 2. The zero-order valence-electron chi connectivity index (χ0n) is 13.2. The van der Waals surface area contributed by atoms with Gasteiger partial charge in [0, 0.05) is 40.5 Å². The molecule has 0 heterocycles. The van der Waals surface area contributed by atoms with E-state index in [-0.39, 0.29) is 29.6 Å². The molecule has 20 heavy (non-hydrogen) atoms. The van der Waals surface area contributed by atoms with Crippen LogP contribution in [0.4, 0.5) is 0 Å². The Bertz CT molecular complexity index is 282. The molecule has 2 N–H and O–H groups in total. The van der Waals surface area contributed by atoms with Gasteiger partial charge in [-0.05, 0) is 39.0 Å². The second kappa shape index (κ2) is 10.6. The number of guanidine groups is 1. The molecular weight excluding hydrogens is 369 g/mol. The number of nitrogens with zero attached hydrogens (tertiary/aromatic N) is 1. The number of aliphatic imine (C=N–C) groups is 1. The third-order valence-corrected chi connectivity index (χ3v) is 3.27. The van der Waals surface area contributed by atoms with Crippen molar-refractivity contribution in [3.63, 3.8) is 0 Å². The molecule has 0 amide bonds. The largest absolute Gasteiger partial charge is 0.381 e. The van der Waals surface area contributed by atoms with E-state index in [9.17, 15) is 0 Å². The van der Waals surface area contributed by atoms with Gasteiger partial charge in [0.05, 0.1) is 5.60 Å². The van der Waals surface area contributed by atoms with Crippen molar-refractivity contribution in [3.8, 4) is 0 Å². The van der Waals surface area contributed by atoms with Gasteiger partial charge in [-0.25, -0.2) is 0 Å². The van der Waals surface area contributed by atoms with Crippen molar-refractivity contribution in [2.75, 3.05) is 40.5 Å². The van der Waals surface area contributed by atoms with Gasteiger partial charge in [-0.15, -0.1) is 24.0 Å². The van der Waals surface area contributed by atoms with Crippen LogP contribution in [0.1, 0.15) is 33.1 Å². The molecule has 6 heteroatoms. The van der Waals surface area contributed by atoms with Crippen molar-refractivity contribution in [2.45, 2.75) is 38.7 Å². The molecule has 0 aliphatic heterocycles. The fraction of sp³-hybridized carbons (Fsp3) is 0.929. The van der Waals surface area contributed by atoms with Crippen LogP contribution in [0.3, 0.4) is 0 Å². The van der Waals surface area contributed by atoms with E-state index in [4.69, 9.17) is 9.47 Å². The lowest BCUT2D eigenvalue weighted by Gasteiger charge is -2.24. The molecule has 5 nitrogen and oxygen atoms in total. The van der Waals surface area contributed by atoms with E-state index < -0.39 is 0 Å². The Morgan fingerprint density at radius 3 is 2.55 bits per heavy atom. The van der Waals surface area contributed by atoms with E-state index in [1.54, 1.807) is 14.2 Å². The number of halogens is 1. The van der Waals surface area contributed by atoms with E-state index in [1.165, 1.54) is 12.8 Å². The summed E-state index contributed by atoms with van der Waals surface area (Å²) in [4.78, 5) is 4.18. The molecule has 0 aromatic heterocycles. The smallest absolute Gasteiger partial charge is 0.191 e. The molecule has 1 aliphatic rings. The summed E-state index contributed by atoms with van der Waals surface area (Å²) in [6, 6.07) is 0. The lowest BCUT2D eigenvalue weighted by Crippen LogP contribution is -2.45. The van der Waals surface area contributed by atoms with Crippen LogP contribution >= 0.6 is 24.0 Å². The van der Waals surface area contributed by atoms with Crippen LogP contribution in [0.2, 0.25) is 0 Å². The number of methoxy groups -OCH3 is 1. The summed E-state index contributed by atoms with van der Waals surface area (Å²) < 4.78 is 10.9. The standard InChI is InChI=1S/C14H29N3O2.HI/c1-14(2,18-4)11-17-13(15-3)16-8-5-9-19-10-12-6-7-12;/h12H,5-11H2,1-4H3,(H2,15,16,17);1H.